The van der Waals surface area contributed by atoms with E-state index in [4.69, 9.17) is 5.84 Å². The first-order valence-corrected chi connectivity index (χ1v) is 8.30. The number of hydrazine groups is 1. The van der Waals surface area contributed by atoms with E-state index in [9.17, 15) is 9.18 Å². The van der Waals surface area contributed by atoms with Crippen LogP contribution in [0.25, 0.3) is 0 Å². The number of halogens is 2. The lowest BCUT2D eigenvalue weighted by molar-refractivity contribution is 0.0987. The van der Waals surface area contributed by atoms with E-state index >= 15 is 0 Å². The number of nitrogens with zero attached hydrogens (tertiary/aromatic N) is 3. The van der Waals surface area contributed by atoms with E-state index < -0.39 is 11.7 Å². The maximum Gasteiger partial charge on any atom is 0.276 e. The van der Waals surface area contributed by atoms with Gasteiger partial charge in [-0.2, -0.15) is 0 Å². The summed E-state index contributed by atoms with van der Waals surface area (Å²) in [5.74, 6) is 5.26. The zero-order chi connectivity index (χ0) is 17.8. The highest BCUT2D eigenvalue weighted by molar-refractivity contribution is 14.1. The van der Waals surface area contributed by atoms with Gasteiger partial charge < -0.3 is 5.32 Å². The molecule has 2 aromatic heterocycles. The fourth-order valence-corrected chi connectivity index (χ4v) is 2.60. The fraction of sp³-hybridized carbons (Fsp3) is 0. The van der Waals surface area contributed by atoms with Gasteiger partial charge in [-0.3, -0.25) is 9.78 Å². The van der Waals surface area contributed by atoms with Crippen molar-refractivity contribution < 1.29 is 9.18 Å². The molecule has 1 amide bonds. The molecule has 0 aliphatic heterocycles. The van der Waals surface area contributed by atoms with Crippen LogP contribution in [0.1, 0.15) is 10.4 Å². The number of amides is 1. The smallest absolute Gasteiger partial charge is 0.276 e. The van der Waals surface area contributed by atoms with Crippen molar-refractivity contribution >= 4 is 45.7 Å². The van der Waals surface area contributed by atoms with Crippen molar-refractivity contribution in [3.05, 3.63) is 76.0 Å². The lowest BCUT2D eigenvalue weighted by Crippen LogP contribution is -2.38. The third-order valence-corrected chi connectivity index (χ3v) is 4.04. The molecule has 0 saturated heterocycles. The predicted octanol–water partition coefficient (Wildman–Crippen LogP) is 3.48. The van der Waals surface area contributed by atoms with E-state index in [1.807, 2.05) is 22.6 Å². The molecule has 3 N–H and O–H groups in total. The van der Waals surface area contributed by atoms with Gasteiger partial charge >= 0.3 is 0 Å². The van der Waals surface area contributed by atoms with Crippen molar-refractivity contribution in [3.63, 3.8) is 0 Å². The SMILES string of the molecule is NN(C(=O)c1ccncc1Nc1ccc(I)cc1F)c1ccccn1. The van der Waals surface area contributed by atoms with Crippen molar-refractivity contribution in [2.75, 3.05) is 10.3 Å². The Morgan fingerprint density at radius 3 is 2.72 bits per heavy atom. The molecule has 2 heterocycles. The Bertz CT molecular complexity index is 907. The Hall–Kier alpha value is -2.59. The third kappa shape index (κ3) is 3.91. The molecule has 0 saturated carbocycles. The Morgan fingerprint density at radius 1 is 1.16 bits per heavy atom. The summed E-state index contributed by atoms with van der Waals surface area (Å²) in [5.41, 5.74) is 0.837. The van der Waals surface area contributed by atoms with Crippen LogP contribution in [0, 0.1) is 9.39 Å². The van der Waals surface area contributed by atoms with Gasteiger partial charge in [0.2, 0.25) is 0 Å². The standard InChI is InChI=1S/C17H13FIN5O/c18-13-9-11(19)4-5-14(13)23-15-10-21-8-6-12(15)17(25)24(20)16-3-1-2-7-22-16/h1-10,23H,20H2. The molecule has 8 heteroatoms. The number of carbonyl (C=O) groups excluding carboxylic acids is 1. The number of carbonyl (C=O) groups is 1. The van der Waals surface area contributed by atoms with E-state index in [0.717, 1.165) is 8.58 Å². The van der Waals surface area contributed by atoms with Gasteiger partial charge in [-0.25, -0.2) is 20.2 Å². The van der Waals surface area contributed by atoms with Gasteiger partial charge in [0.25, 0.3) is 5.91 Å². The minimum atomic E-state index is -0.491. The molecular formula is C17H13FIN5O. The number of pyridine rings is 2. The molecule has 6 nitrogen and oxygen atoms in total. The number of hydrogen-bond acceptors (Lipinski definition) is 5. The number of anilines is 3. The van der Waals surface area contributed by atoms with Crippen LogP contribution in [0.4, 0.5) is 21.6 Å². The molecule has 0 atom stereocenters. The van der Waals surface area contributed by atoms with Gasteiger partial charge in [0.05, 0.1) is 23.1 Å². The zero-order valence-electron chi connectivity index (χ0n) is 12.9. The second kappa shape index (κ2) is 7.53. The molecule has 0 aliphatic carbocycles. The minimum Gasteiger partial charge on any atom is -0.351 e. The first-order chi connectivity index (χ1) is 12.1. The number of nitrogens with one attached hydrogen (secondary N) is 1. The lowest BCUT2D eigenvalue weighted by atomic mass is 10.2. The van der Waals surface area contributed by atoms with Crippen LogP contribution >= 0.6 is 22.6 Å². The van der Waals surface area contributed by atoms with Crippen LogP contribution in [0.3, 0.4) is 0 Å². The Labute approximate surface area is 157 Å². The monoisotopic (exact) mass is 449 g/mol. The Morgan fingerprint density at radius 2 is 2.00 bits per heavy atom. The zero-order valence-corrected chi connectivity index (χ0v) is 15.0. The molecule has 0 aliphatic rings. The van der Waals surface area contributed by atoms with Crippen molar-refractivity contribution in [3.8, 4) is 0 Å². The molecule has 0 spiro atoms. The molecule has 0 unspecified atom stereocenters. The van der Waals surface area contributed by atoms with Crippen LogP contribution < -0.4 is 16.2 Å². The Kier molecular flexibility index (Phi) is 5.19. The van der Waals surface area contributed by atoms with Gasteiger partial charge in [0.15, 0.2) is 0 Å². The van der Waals surface area contributed by atoms with Crippen molar-refractivity contribution in [1.82, 2.24) is 9.97 Å². The largest absolute Gasteiger partial charge is 0.351 e. The number of rotatable bonds is 4. The van der Waals surface area contributed by atoms with Crippen LogP contribution in [0.5, 0.6) is 0 Å². The highest BCUT2D eigenvalue weighted by atomic mass is 127. The van der Waals surface area contributed by atoms with E-state index in [1.165, 1.54) is 30.7 Å². The lowest BCUT2D eigenvalue weighted by Gasteiger charge is -2.18. The second-order valence-corrected chi connectivity index (χ2v) is 6.28. The van der Waals surface area contributed by atoms with Crippen LogP contribution in [0.2, 0.25) is 0 Å². The molecule has 3 rings (SSSR count). The topological polar surface area (TPSA) is 84.1 Å². The maximum atomic E-state index is 14.1. The Balaban J connectivity index is 1.92. The van der Waals surface area contributed by atoms with E-state index in [0.29, 0.717) is 11.5 Å². The normalized spacial score (nSPS) is 10.4. The summed E-state index contributed by atoms with van der Waals surface area (Å²) in [6.07, 6.45) is 4.45. The predicted molar refractivity (Wildman–Crippen MR) is 102 cm³/mol. The van der Waals surface area contributed by atoms with Gasteiger partial charge in [-0.05, 0) is 59.0 Å². The van der Waals surface area contributed by atoms with Crippen molar-refractivity contribution in [2.24, 2.45) is 5.84 Å². The average molecular weight is 449 g/mol. The molecule has 0 radical (unpaired) electrons. The quantitative estimate of drug-likeness (QED) is 0.276. The number of hydrogen-bond donors (Lipinski definition) is 2. The highest BCUT2D eigenvalue weighted by Crippen LogP contribution is 2.25. The summed E-state index contributed by atoms with van der Waals surface area (Å²) in [5, 5.41) is 3.83. The number of nitrogens with two attached hydrogens (primary N) is 1. The van der Waals surface area contributed by atoms with E-state index in [1.54, 1.807) is 30.3 Å². The van der Waals surface area contributed by atoms with E-state index in [-0.39, 0.29) is 11.3 Å². The van der Waals surface area contributed by atoms with Crippen molar-refractivity contribution in [2.45, 2.75) is 0 Å². The summed E-state index contributed by atoms with van der Waals surface area (Å²) in [6.45, 7) is 0. The molecular weight excluding hydrogens is 436 g/mol. The van der Waals surface area contributed by atoms with Crippen LogP contribution in [-0.4, -0.2) is 15.9 Å². The third-order valence-electron chi connectivity index (χ3n) is 3.37. The van der Waals surface area contributed by atoms with Crippen molar-refractivity contribution in [1.29, 1.82) is 0 Å². The number of benzene rings is 1. The summed E-state index contributed by atoms with van der Waals surface area (Å²) in [4.78, 5) is 20.7. The van der Waals surface area contributed by atoms with Gasteiger partial charge in [0.1, 0.15) is 11.6 Å². The maximum absolute atomic E-state index is 14.1. The first-order valence-electron chi connectivity index (χ1n) is 7.22. The van der Waals surface area contributed by atoms with Gasteiger partial charge in [0, 0.05) is 16.0 Å². The fourth-order valence-electron chi connectivity index (χ4n) is 2.15. The summed E-state index contributed by atoms with van der Waals surface area (Å²) in [6, 6.07) is 11.3. The molecule has 126 valence electrons. The molecule has 3 aromatic rings. The molecule has 25 heavy (non-hydrogen) atoms. The average Bonchev–Trinajstić information content (AvgIpc) is 2.64. The summed E-state index contributed by atoms with van der Waals surface area (Å²) < 4.78 is 14.8. The molecule has 0 bridgehead atoms. The second-order valence-electron chi connectivity index (χ2n) is 5.03. The highest BCUT2D eigenvalue weighted by Gasteiger charge is 2.19. The first kappa shape index (κ1) is 17.2. The minimum absolute atomic E-state index is 0.240. The molecule has 0 fully saturated rings. The van der Waals surface area contributed by atoms with Gasteiger partial charge in [-0.15, -0.1) is 0 Å². The van der Waals surface area contributed by atoms with E-state index in [2.05, 4.69) is 15.3 Å². The summed E-state index contributed by atoms with van der Waals surface area (Å²) in [7, 11) is 0. The van der Waals surface area contributed by atoms with Crippen LogP contribution in [0.15, 0.2) is 61.1 Å². The van der Waals surface area contributed by atoms with Crippen LogP contribution in [-0.2, 0) is 0 Å². The number of aromatic nitrogens is 2. The summed E-state index contributed by atoms with van der Waals surface area (Å²) >= 11 is 2.02. The van der Waals surface area contributed by atoms with Gasteiger partial charge in [-0.1, -0.05) is 6.07 Å². The molecule has 1 aromatic carbocycles.